The molecule has 95 valence electrons. The van der Waals surface area contributed by atoms with Crippen molar-refractivity contribution in [1.82, 2.24) is 0 Å². The zero-order valence-electron chi connectivity index (χ0n) is 10.8. The summed E-state index contributed by atoms with van der Waals surface area (Å²) in [6, 6.07) is 27.2. The molecule has 0 saturated carbocycles. The highest BCUT2D eigenvalue weighted by atomic mass is 16.5. The first-order chi connectivity index (χ1) is 9.93. The second-order valence-corrected chi connectivity index (χ2v) is 4.63. The van der Waals surface area contributed by atoms with Gasteiger partial charge in [0.25, 0.3) is 0 Å². The number of rotatable bonds is 1. The topological polar surface area (TPSA) is 12.5 Å². The molecule has 0 saturated heterocycles. The average Bonchev–Trinajstić information content (AvgIpc) is 2.53. The third kappa shape index (κ3) is 1.66. The Balaban J connectivity index is 1.98. The first-order valence-electron chi connectivity index (χ1n) is 6.56. The van der Waals surface area contributed by atoms with Crippen LogP contribution >= 0.6 is 0 Å². The zero-order chi connectivity index (χ0) is 13.4. The number of ether oxygens (including phenoxy) is 1. The van der Waals surface area contributed by atoms with Crippen molar-refractivity contribution < 1.29 is 4.74 Å². The standard InChI is InChI=1S/C18H12NO/c1-2-8-14(9-3-1)19-15-10-4-6-12-17(15)20-18-13-7-5-11-16(18)19/h2-13H. The smallest absolute Gasteiger partial charge is 0.151 e. The van der Waals surface area contributed by atoms with Gasteiger partial charge in [-0.2, -0.15) is 0 Å². The van der Waals surface area contributed by atoms with E-state index in [1.54, 1.807) is 0 Å². The van der Waals surface area contributed by atoms with E-state index in [4.69, 9.17) is 4.74 Å². The van der Waals surface area contributed by atoms with Crippen LogP contribution in [0.3, 0.4) is 0 Å². The fraction of sp³-hybridized carbons (Fsp3) is 0. The lowest BCUT2D eigenvalue weighted by Crippen LogP contribution is -2.15. The highest BCUT2D eigenvalue weighted by Crippen LogP contribution is 2.49. The van der Waals surface area contributed by atoms with Crippen LogP contribution in [0.2, 0.25) is 0 Å². The Bertz CT molecular complexity index is 707. The van der Waals surface area contributed by atoms with E-state index in [2.05, 4.69) is 35.2 Å². The molecule has 0 N–H and O–H groups in total. The van der Waals surface area contributed by atoms with Crippen molar-refractivity contribution in [3.05, 3.63) is 78.9 Å². The summed E-state index contributed by atoms with van der Waals surface area (Å²) in [6.07, 6.45) is 0. The summed E-state index contributed by atoms with van der Waals surface area (Å²) in [5, 5.41) is 0. The lowest BCUT2D eigenvalue weighted by molar-refractivity contribution is 0.477. The van der Waals surface area contributed by atoms with Crippen LogP contribution < -0.4 is 9.64 Å². The van der Waals surface area contributed by atoms with Gasteiger partial charge in [0.05, 0.1) is 11.4 Å². The molecule has 2 nitrogen and oxygen atoms in total. The molecule has 20 heavy (non-hydrogen) atoms. The molecule has 3 aromatic carbocycles. The number of anilines is 3. The summed E-state index contributed by atoms with van der Waals surface area (Å²) < 4.78 is 5.98. The SMILES string of the molecule is [c]1ccc(N2c3ccccc3Oc3ccccc32)cc1. The van der Waals surface area contributed by atoms with Crippen molar-refractivity contribution in [3.8, 4) is 11.5 Å². The van der Waals surface area contributed by atoms with Crippen LogP contribution in [0.15, 0.2) is 72.8 Å². The number of benzene rings is 3. The molecule has 0 amide bonds. The second-order valence-electron chi connectivity index (χ2n) is 4.63. The lowest BCUT2D eigenvalue weighted by atomic mass is 10.1. The maximum absolute atomic E-state index is 5.98. The molecular weight excluding hydrogens is 246 g/mol. The molecule has 3 aromatic rings. The number of para-hydroxylation sites is 4. The third-order valence-corrected chi connectivity index (χ3v) is 3.39. The first kappa shape index (κ1) is 11.1. The van der Waals surface area contributed by atoms with Crippen molar-refractivity contribution in [3.63, 3.8) is 0 Å². The Morgan fingerprint density at radius 3 is 1.85 bits per heavy atom. The normalized spacial score (nSPS) is 12.3. The van der Waals surface area contributed by atoms with Crippen LogP contribution in [-0.4, -0.2) is 0 Å². The van der Waals surface area contributed by atoms with Gasteiger partial charge in [0, 0.05) is 5.69 Å². The van der Waals surface area contributed by atoms with E-state index in [1.165, 1.54) is 0 Å². The Morgan fingerprint density at radius 2 is 1.25 bits per heavy atom. The molecule has 0 spiro atoms. The molecule has 4 rings (SSSR count). The Kier molecular flexibility index (Phi) is 2.46. The summed E-state index contributed by atoms with van der Waals surface area (Å²) in [5.41, 5.74) is 3.21. The van der Waals surface area contributed by atoms with E-state index in [-0.39, 0.29) is 0 Å². The fourth-order valence-corrected chi connectivity index (χ4v) is 2.51. The Labute approximate surface area is 117 Å². The Hall–Kier alpha value is -2.74. The summed E-state index contributed by atoms with van der Waals surface area (Å²) >= 11 is 0. The van der Waals surface area contributed by atoms with Gasteiger partial charge in [0.1, 0.15) is 0 Å². The molecule has 1 aliphatic heterocycles. The van der Waals surface area contributed by atoms with Crippen LogP contribution in [0.5, 0.6) is 11.5 Å². The lowest BCUT2D eigenvalue weighted by Gasteiger charge is -2.32. The maximum Gasteiger partial charge on any atom is 0.151 e. The van der Waals surface area contributed by atoms with Crippen molar-refractivity contribution in [2.45, 2.75) is 0 Å². The summed E-state index contributed by atoms with van der Waals surface area (Å²) in [5.74, 6) is 1.75. The van der Waals surface area contributed by atoms with Crippen molar-refractivity contribution in [1.29, 1.82) is 0 Å². The molecule has 0 bridgehead atoms. The van der Waals surface area contributed by atoms with Crippen molar-refractivity contribution in [2.24, 2.45) is 0 Å². The molecule has 0 atom stereocenters. The van der Waals surface area contributed by atoms with Crippen LogP contribution in [0.25, 0.3) is 0 Å². The predicted molar refractivity (Wildman–Crippen MR) is 80.0 cm³/mol. The highest BCUT2D eigenvalue weighted by molar-refractivity contribution is 5.85. The van der Waals surface area contributed by atoms with Crippen LogP contribution in [-0.2, 0) is 0 Å². The minimum Gasteiger partial charge on any atom is -0.453 e. The molecule has 1 heterocycles. The maximum atomic E-state index is 5.98. The van der Waals surface area contributed by atoms with Gasteiger partial charge in [0.15, 0.2) is 11.5 Å². The largest absolute Gasteiger partial charge is 0.453 e. The summed E-state index contributed by atoms with van der Waals surface area (Å²) in [6.45, 7) is 0. The van der Waals surface area contributed by atoms with E-state index in [1.807, 2.05) is 48.5 Å². The summed E-state index contributed by atoms with van der Waals surface area (Å²) in [7, 11) is 0. The van der Waals surface area contributed by atoms with Gasteiger partial charge >= 0.3 is 0 Å². The predicted octanol–water partition coefficient (Wildman–Crippen LogP) is 5.06. The van der Waals surface area contributed by atoms with Gasteiger partial charge in [-0.15, -0.1) is 0 Å². The van der Waals surface area contributed by atoms with Gasteiger partial charge in [-0.05, 0) is 42.5 Å². The highest BCUT2D eigenvalue weighted by Gasteiger charge is 2.24. The number of fused-ring (bicyclic) bond motifs is 2. The Morgan fingerprint density at radius 1 is 0.700 bits per heavy atom. The van der Waals surface area contributed by atoms with E-state index in [9.17, 15) is 0 Å². The summed E-state index contributed by atoms with van der Waals surface area (Å²) in [4.78, 5) is 2.21. The molecule has 2 heteroatoms. The van der Waals surface area contributed by atoms with Crippen molar-refractivity contribution >= 4 is 17.1 Å². The van der Waals surface area contributed by atoms with Crippen LogP contribution in [0, 0.1) is 6.07 Å². The molecule has 1 radical (unpaired) electrons. The van der Waals surface area contributed by atoms with Gasteiger partial charge in [-0.25, -0.2) is 0 Å². The average molecular weight is 258 g/mol. The molecule has 0 aromatic heterocycles. The molecule has 0 aliphatic carbocycles. The zero-order valence-corrected chi connectivity index (χ0v) is 10.8. The fourth-order valence-electron chi connectivity index (χ4n) is 2.51. The van der Waals surface area contributed by atoms with E-state index >= 15 is 0 Å². The van der Waals surface area contributed by atoms with Crippen LogP contribution in [0.1, 0.15) is 0 Å². The number of hydrogen-bond acceptors (Lipinski definition) is 2. The monoisotopic (exact) mass is 258 g/mol. The van der Waals surface area contributed by atoms with Gasteiger partial charge < -0.3 is 9.64 Å². The molecule has 0 unspecified atom stereocenters. The molecular formula is C18H12NO. The minimum absolute atomic E-state index is 0.874. The third-order valence-electron chi connectivity index (χ3n) is 3.39. The van der Waals surface area contributed by atoms with Gasteiger partial charge in [-0.3, -0.25) is 0 Å². The van der Waals surface area contributed by atoms with E-state index < -0.39 is 0 Å². The number of nitrogens with zero attached hydrogens (tertiary/aromatic N) is 1. The first-order valence-corrected chi connectivity index (χ1v) is 6.56. The van der Waals surface area contributed by atoms with E-state index in [0.29, 0.717) is 0 Å². The second kappa shape index (κ2) is 4.42. The van der Waals surface area contributed by atoms with Gasteiger partial charge in [0.2, 0.25) is 0 Å². The minimum atomic E-state index is 0.874. The molecule has 1 aliphatic rings. The van der Waals surface area contributed by atoms with Crippen LogP contribution in [0.4, 0.5) is 17.1 Å². The van der Waals surface area contributed by atoms with Crippen molar-refractivity contribution in [2.75, 3.05) is 4.90 Å². The quantitative estimate of drug-likeness (QED) is 0.473. The van der Waals surface area contributed by atoms with Gasteiger partial charge in [-0.1, -0.05) is 36.4 Å². The molecule has 0 fully saturated rings. The van der Waals surface area contributed by atoms with E-state index in [0.717, 1.165) is 28.6 Å². The number of hydrogen-bond donors (Lipinski definition) is 0.